The number of fused-ring (bicyclic) bond motifs is 1. The molecule has 0 bridgehead atoms. The van der Waals surface area contributed by atoms with Crippen molar-refractivity contribution in [3.63, 3.8) is 0 Å². The van der Waals surface area contributed by atoms with Crippen molar-refractivity contribution in [2.45, 2.75) is 39.2 Å². The van der Waals surface area contributed by atoms with Gasteiger partial charge in [-0.05, 0) is 44.9 Å². The van der Waals surface area contributed by atoms with Crippen molar-refractivity contribution in [2.24, 2.45) is 0 Å². The van der Waals surface area contributed by atoms with Crippen LogP contribution in [0.25, 0.3) is 10.9 Å². The van der Waals surface area contributed by atoms with E-state index in [1.807, 2.05) is 0 Å². The summed E-state index contributed by atoms with van der Waals surface area (Å²) in [5.74, 6) is 0.147. The van der Waals surface area contributed by atoms with Crippen LogP contribution in [0, 0.1) is 0 Å². The van der Waals surface area contributed by atoms with Gasteiger partial charge < -0.3 is 14.6 Å². The Bertz CT molecular complexity index is 717. The number of hydrogen-bond acceptors (Lipinski definition) is 3. The van der Waals surface area contributed by atoms with Gasteiger partial charge in [-0.2, -0.15) is 0 Å². The highest BCUT2D eigenvalue weighted by Gasteiger charge is 2.12. The topological polar surface area (TPSA) is 46.5 Å². The van der Waals surface area contributed by atoms with Crippen LogP contribution < -0.4 is 5.32 Å². The van der Waals surface area contributed by atoms with Crippen molar-refractivity contribution in [3.8, 4) is 0 Å². The number of morpholine rings is 1. The van der Waals surface area contributed by atoms with Gasteiger partial charge in [0.1, 0.15) is 0 Å². The van der Waals surface area contributed by atoms with Gasteiger partial charge in [-0.3, -0.25) is 9.69 Å². The lowest BCUT2D eigenvalue weighted by Crippen LogP contribution is -2.38. The second kappa shape index (κ2) is 9.19. The quantitative estimate of drug-likeness (QED) is 0.739. The third-order valence-corrected chi connectivity index (χ3v) is 5.08. The Morgan fingerprint density at radius 3 is 2.77 bits per heavy atom. The molecule has 0 aliphatic carbocycles. The monoisotopic (exact) mass is 357 g/mol. The molecule has 2 aromatic rings. The van der Waals surface area contributed by atoms with Crippen LogP contribution in [0.15, 0.2) is 30.5 Å². The number of carbonyl (C=O) groups excluding carboxylic acids is 1. The normalized spacial score (nSPS) is 15.7. The summed E-state index contributed by atoms with van der Waals surface area (Å²) in [6.45, 7) is 9.85. The molecule has 0 radical (unpaired) electrons. The number of aryl methyl sites for hydroxylation is 1. The van der Waals surface area contributed by atoms with Crippen molar-refractivity contribution < 1.29 is 9.53 Å². The molecule has 1 fully saturated rings. The molecule has 1 aliphatic rings. The van der Waals surface area contributed by atoms with Gasteiger partial charge in [0.25, 0.3) is 0 Å². The Morgan fingerprint density at radius 2 is 2.00 bits per heavy atom. The zero-order valence-electron chi connectivity index (χ0n) is 16.0. The van der Waals surface area contributed by atoms with Crippen LogP contribution in [-0.2, 0) is 16.0 Å². The van der Waals surface area contributed by atoms with Crippen LogP contribution in [0.4, 0.5) is 0 Å². The number of benzene rings is 1. The van der Waals surface area contributed by atoms with E-state index in [2.05, 4.69) is 59.1 Å². The fraction of sp³-hybridized carbons (Fsp3) is 0.571. The number of nitrogens with one attached hydrogen (secondary N) is 1. The SMILES string of the molecule is CC(C)n1cc(CCC(=O)NCCCN2CCOCC2)c2ccccc21. The summed E-state index contributed by atoms with van der Waals surface area (Å²) in [6, 6.07) is 8.88. The molecule has 1 N–H and O–H groups in total. The first-order chi connectivity index (χ1) is 12.6. The summed E-state index contributed by atoms with van der Waals surface area (Å²) < 4.78 is 7.65. The van der Waals surface area contributed by atoms with Gasteiger partial charge in [-0.15, -0.1) is 0 Å². The minimum Gasteiger partial charge on any atom is -0.379 e. The molecule has 1 aromatic heterocycles. The van der Waals surface area contributed by atoms with Crippen molar-refractivity contribution in [1.29, 1.82) is 0 Å². The van der Waals surface area contributed by atoms with E-state index in [1.165, 1.54) is 16.5 Å². The molecule has 1 aromatic carbocycles. The second-order valence-corrected chi connectivity index (χ2v) is 7.33. The van der Waals surface area contributed by atoms with Crippen molar-refractivity contribution in [2.75, 3.05) is 39.4 Å². The number of ether oxygens (including phenoxy) is 1. The first kappa shape index (κ1) is 18.9. The van der Waals surface area contributed by atoms with Crippen molar-refractivity contribution in [1.82, 2.24) is 14.8 Å². The van der Waals surface area contributed by atoms with Gasteiger partial charge in [0.05, 0.1) is 13.2 Å². The Balaban J connectivity index is 1.45. The van der Waals surface area contributed by atoms with Crippen LogP contribution in [0.3, 0.4) is 0 Å². The maximum Gasteiger partial charge on any atom is 0.220 e. The molecular weight excluding hydrogens is 326 g/mol. The molecule has 3 rings (SSSR count). The third kappa shape index (κ3) is 4.86. The van der Waals surface area contributed by atoms with E-state index in [9.17, 15) is 4.79 Å². The molecule has 0 spiro atoms. The fourth-order valence-electron chi connectivity index (χ4n) is 3.60. The Hall–Kier alpha value is -1.85. The molecule has 0 saturated carbocycles. The molecule has 1 saturated heterocycles. The van der Waals surface area contributed by atoms with E-state index in [4.69, 9.17) is 4.74 Å². The van der Waals surface area contributed by atoms with Crippen LogP contribution in [-0.4, -0.2) is 54.8 Å². The van der Waals surface area contributed by atoms with Crippen LogP contribution in [0.1, 0.15) is 38.3 Å². The third-order valence-electron chi connectivity index (χ3n) is 5.08. The highest BCUT2D eigenvalue weighted by molar-refractivity contribution is 5.85. The van der Waals surface area contributed by atoms with Crippen LogP contribution in [0.2, 0.25) is 0 Å². The first-order valence-corrected chi connectivity index (χ1v) is 9.80. The molecule has 0 unspecified atom stereocenters. The molecule has 2 heterocycles. The highest BCUT2D eigenvalue weighted by atomic mass is 16.5. The van der Waals surface area contributed by atoms with E-state index in [0.717, 1.165) is 52.2 Å². The minimum atomic E-state index is 0.147. The largest absolute Gasteiger partial charge is 0.379 e. The Kier molecular flexibility index (Phi) is 6.69. The standard InChI is InChI=1S/C21H31N3O2/c1-17(2)24-16-18(19-6-3-4-7-20(19)24)8-9-21(25)22-10-5-11-23-12-14-26-15-13-23/h3-4,6-7,16-17H,5,8-15H2,1-2H3,(H,22,25). The fourth-order valence-corrected chi connectivity index (χ4v) is 3.60. The van der Waals surface area contributed by atoms with Gasteiger partial charge in [-0.25, -0.2) is 0 Å². The maximum absolute atomic E-state index is 12.2. The number of carbonyl (C=O) groups is 1. The predicted octanol–water partition coefficient (Wildman–Crippen LogP) is 2.99. The van der Waals surface area contributed by atoms with E-state index in [0.29, 0.717) is 12.5 Å². The van der Waals surface area contributed by atoms with Gasteiger partial charge in [-0.1, -0.05) is 18.2 Å². The lowest BCUT2D eigenvalue weighted by molar-refractivity contribution is -0.121. The van der Waals surface area contributed by atoms with Crippen molar-refractivity contribution >= 4 is 16.8 Å². The van der Waals surface area contributed by atoms with Crippen molar-refractivity contribution in [3.05, 3.63) is 36.0 Å². The number of hydrogen-bond donors (Lipinski definition) is 1. The first-order valence-electron chi connectivity index (χ1n) is 9.80. The van der Waals surface area contributed by atoms with Gasteiger partial charge in [0.15, 0.2) is 0 Å². The molecule has 0 atom stereocenters. The number of rotatable bonds is 8. The van der Waals surface area contributed by atoms with E-state index < -0.39 is 0 Å². The van der Waals surface area contributed by atoms with E-state index in [1.54, 1.807) is 0 Å². The Labute approximate surface area is 156 Å². The number of amides is 1. The summed E-state index contributed by atoms with van der Waals surface area (Å²) in [5.41, 5.74) is 2.51. The van der Waals surface area contributed by atoms with Crippen LogP contribution in [0.5, 0.6) is 0 Å². The molecular formula is C21H31N3O2. The second-order valence-electron chi connectivity index (χ2n) is 7.33. The average molecular weight is 357 g/mol. The zero-order chi connectivity index (χ0) is 18.4. The van der Waals surface area contributed by atoms with E-state index in [-0.39, 0.29) is 5.91 Å². The summed E-state index contributed by atoms with van der Waals surface area (Å²) in [7, 11) is 0. The number of aromatic nitrogens is 1. The Morgan fingerprint density at radius 1 is 1.23 bits per heavy atom. The van der Waals surface area contributed by atoms with Gasteiger partial charge >= 0.3 is 0 Å². The van der Waals surface area contributed by atoms with E-state index >= 15 is 0 Å². The van der Waals surface area contributed by atoms with Gasteiger partial charge in [0.2, 0.25) is 5.91 Å². The predicted molar refractivity (Wildman–Crippen MR) is 106 cm³/mol. The zero-order valence-corrected chi connectivity index (χ0v) is 16.0. The lowest BCUT2D eigenvalue weighted by atomic mass is 10.1. The molecule has 142 valence electrons. The maximum atomic E-state index is 12.2. The number of nitrogens with zero attached hydrogens (tertiary/aromatic N) is 2. The summed E-state index contributed by atoms with van der Waals surface area (Å²) in [5, 5.41) is 4.33. The average Bonchev–Trinajstić information content (AvgIpc) is 3.04. The van der Waals surface area contributed by atoms with Gasteiger partial charge in [0, 0.05) is 49.2 Å². The smallest absolute Gasteiger partial charge is 0.220 e. The molecule has 1 aliphatic heterocycles. The molecule has 1 amide bonds. The van der Waals surface area contributed by atoms with Crippen LogP contribution >= 0.6 is 0 Å². The summed E-state index contributed by atoms with van der Waals surface area (Å²) >= 11 is 0. The lowest BCUT2D eigenvalue weighted by Gasteiger charge is -2.26. The molecule has 5 nitrogen and oxygen atoms in total. The number of para-hydroxylation sites is 1. The summed E-state index contributed by atoms with van der Waals surface area (Å²) in [6.07, 6.45) is 4.54. The summed E-state index contributed by atoms with van der Waals surface area (Å²) in [4.78, 5) is 14.6. The molecule has 5 heteroatoms. The minimum absolute atomic E-state index is 0.147. The highest BCUT2D eigenvalue weighted by Crippen LogP contribution is 2.25. The molecule has 26 heavy (non-hydrogen) atoms.